The molecule has 1 aromatic carbocycles. The summed E-state index contributed by atoms with van der Waals surface area (Å²) in [5, 5.41) is 20.1. The first-order valence-corrected chi connectivity index (χ1v) is 9.30. The Morgan fingerprint density at radius 1 is 1.34 bits per heavy atom. The molecule has 1 amide bonds. The predicted molar refractivity (Wildman–Crippen MR) is 108 cm³/mol. The summed E-state index contributed by atoms with van der Waals surface area (Å²) in [6.45, 7) is 1.77. The van der Waals surface area contributed by atoms with E-state index >= 15 is 0 Å². The minimum absolute atomic E-state index is 0.0711. The highest BCUT2D eigenvalue weighted by Gasteiger charge is 2.27. The van der Waals surface area contributed by atoms with Gasteiger partial charge in [0.1, 0.15) is 22.9 Å². The Kier molecular flexibility index (Phi) is 6.59. The molecule has 1 saturated heterocycles. The van der Waals surface area contributed by atoms with Crippen LogP contribution in [0.15, 0.2) is 18.2 Å². The summed E-state index contributed by atoms with van der Waals surface area (Å²) in [5.74, 6) is 7.03. The van der Waals surface area contributed by atoms with Crippen molar-refractivity contribution in [1.82, 2.24) is 15.1 Å². The van der Waals surface area contributed by atoms with Crippen LogP contribution in [0.25, 0.3) is 0 Å². The number of rotatable bonds is 7. The van der Waals surface area contributed by atoms with E-state index in [4.69, 9.17) is 15.2 Å². The Bertz CT molecular complexity index is 916. The van der Waals surface area contributed by atoms with Gasteiger partial charge < -0.3 is 30.9 Å². The lowest BCUT2D eigenvalue weighted by Gasteiger charge is -2.15. The molecule has 0 radical (unpaired) electrons. The minimum atomic E-state index is -0.629. The number of benzene rings is 1. The van der Waals surface area contributed by atoms with Gasteiger partial charge in [-0.1, -0.05) is 5.92 Å². The van der Waals surface area contributed by atoms with Crippen LogP contribution in [-0.2, 0) is 0 Å². The average Bonchev–Trinajstić information content (AvgIpc) is 3.37. The third-order valence-electron chi connectivity index (χ3n) is 4.62. The van der Waals surface area contributed by atoms with E-state index in [2.05, 4.69) is 27.6 Å². The van der Waals surface area contributed by atoms with E-state index in [1.165, 1.54) is 0 Å². The largest absolute Gasteiger partial charge is 0.497 e. The number of nitrogens with one attached hydrogen (secondary N) is 2. The number of ether oxygens (including phenoxy) is 2. The number of nitrogens with two attached hydrogens (primary N) is 1. The van der Waals surface area contributed by atoms with Crippen LogP contribution in [0.5, 0.6) is 11.5 Å². The van der Waals surface area contributed by atoms with Crippen LogP contribution >= 0.6 is 0 Å². The van der Waals surface area contributed by atoms with Crippen molar-refractivity contribution in [3.8, 4) is 23.3 Å². The number of anilines is 1. The monoisotopic (exact) mass is 399 g/mol. The van der Waals surface area contributed by atoms with Gasteiger partial charge in [-0.05, 0) is 31.0 Å². The van der Waals surface area contributed by atoms with E-state index in [9.17, 15) is 9.90 Å². The molecule has 0 bridgehead atoms. The first-order valence-electron chi connectivity index (χ1n) is 9.30. The van der Waals surface area contributed by atoms with Crippen molar-refractivity contribution < 1.29 is 19.4 Å². The number of carbonyl (C=O) groups excluding carboxylic acids is 1. The highest BCUT2D eigenvalue weighted by molar-refractivity contribution is 6.00. The number of methoxy groups -OCH3 is 2. The van der Waals surface area contributed by atoms with Crippen LogP contribution in [-0.4, -0.2) is 61.3 Å². The average molecular weight is 399 g/mol. The zero-order valence-corrected chi connectivity index (χ0v) is 16.5. The smallest absolute Gasteiger partial charge is 0.255 e. The summed E-state index contributed by atoms with van der Waals surface area (Å²) in [6.07, 6.45) is 0.869. The molecule has 1 aliphatic rings. The number of aliphatic hydroxyl groups is 1. The molecule has 0 spiro atoms. The van der Waals surface area contributed by atoms with E-state index in [0.717, 1.165) is 19.5 Å². The third-order valence-corrected chi connectivity index (χ3v) is 4.62. The number of nitrogens with zero attached hydrogens (tertiary/aromatic N) is 2. The second-order valence-corrected chi connectivity index (χ2v) is 6.53. The molecule has 9 nitrogen and oxygen atoms in total. The quantitative estimate of drug-likeness (QED) is 0.495. The predicted octanol–water partition coefficient (Wildman–Crippen LogP) is 0.338. The molecule has 3 rings (SSSR count). The fourth-order valence-corrected chi connectivity index (χ4v) is 3.22. The Morgan fingerprint density at radius 3 is 2.62 bits per heavy atom. The van der Waals surface area contributed by atoms with Crippen molar-refractivity contribution in [2.24, 2.45) is 5.73 Å². The molecule has 1 fully saturated rings. The summed E-state index contributed by atoms with van der Waals surface area (Å²) < 4.78 is 12.3. The fourth-order valence-electron chi connectivity index (χ4n) is 3.22. The molecule has 1 aromatic heterocycles. The standard InChI is InChI=1S/C20H25N5O4/c1-28-15-9-13(10-16(11-15)29-2)3-4-17-18(19(21)27)20(23-7-8-26)25(24-17)14-5-6-22-12-14/h9-11,14,22-23,26H,5-8,12H2,1-2H3,(H2,21,27). The lowest BCUT2D eigenvalue weighted by atomic mass is 10.1. The first-order chi connectivity index (χ1) is 14.1. The van der Waals surface area contributed by atoms with E-state index in [1.807, 2.05) is 0 Å². The highest BCUT2D eigenvalue weighted by atomic mass is 16.5. The van der Waals surface area contributed by atoms with Crippen molar-refractivity contribution in [3.05, 3.63) is 35.0 Å². The van der Waals surface area contributed by atoms with E-state index in [-0.39, 0.29) is 30.5 Å². The van der Waals surface area contributed by atoms with E-state index in [1.54, 1.807) is 37.1 Å². The molecule has 1 atom stereocenters. The van der Waals surface area contributed by atoms with Crippen LogP contribution in [0.4, 0.5) is 5.82 Å². The molecule has 5 N–H and O–H groups in total. The highest BCUT2D eigenvalue weighted by Crippen LogP contribution is 2.27. The topological polar surface area (TPSA) is 124 Å². The lowest BCUT2D eigenvalue weighted by molar-refractivity contribution is 0.100. The number of carbonyl (C=O) groups is 1. The number of aromatic nitrogens is 2. The zero-order chi connectivity index (χ0) is 20.8. The molecule has 1 aliphatic heterocycles. The molecule has 2 heterocycles. The fraction of sp³-hybridized carbons (Fsp3) is 0.400. The molecule has 154 valence electrons. The number of amides is 1. The number of primary amides is 1. The molecule has 1 unspecified atom stereocenters. The number of hydrogen-bond donors (Lipinski definition) is 4. The number of hydrogen-bond acceptors (Lipinski definition) is 7. The van der Waals surface area contributed by atoms with Crippen LogP contribution in [0.2, 0.25) is 0 Å². The molecular formula is C20H25N5O4. The SMILES string of the molecule is COc1cc(C#Cc2nn(C3CCNC3)c(NCCO)c2C(N)=O)cc(OC)c1. The van der Waals surface area contributed by atoms with Crippen LogP contribution in [0.3, 0.4) is 0 Å². The first kappa shape index (κ1) is 20.5. The molecule has 0 aliphatic carbocycles. The van der Waals surface area contributed by atoms with Gasteiger partial charge in [-0.25, -0.2) is 4.68 Å². The maximum absolute atomic E-state index is 12.2. The summed E-state index contributed by atoms with van der Waals surface area (Å²) in [6, 6.07) is 5.35. The summed E-state index contributed by atoms with van der Waals surface area (Å²) in [5.41, 5.74) is 6.79. The van der Waals surface area contributed by atoms with Gasteiger partial charge in [-0.3, -0.25) is 4.79 Å². The van der Waals surface area contributed by atoms with Crippen LogP contribution in [0.1, 0.15) is 34.1 Å². The van der Waals surface area contributed by atoms with Crippen molar-refractivity contribution in [2.75, 3.05) is 45.8 Å². The molecule has 2 aromatic rings. The van der Waals surface area contributed by atoms with E-state index in [0.29, 0.717) is 22.9 Å². The Hall–Kier alpha value is -3.22. The van der Waals surface area contributed by atoms with Crippen LogP contribution < -0.4 is 25.8 Å². The number of aliphatic hydroxyl groups excluding tert-OH is 1. The molecule has 9 heteroatoms. The lowest BCUT2D eigenvalue weighted by Crippen LogP contribution is -2.21. The zero-order valence-electron chi connectivity index (χ0n) is 16.5. The van der Waals surface area contributed by atoms with Gasteiger partial charge in [0.05, 0.1) is 26.9 Å². The molecule has 29 heavy (non-hydrogen) atoms. The second-order valence-electron chi connectivity index (χ2n) is 6.53. The summed E-state index contributed by atoms with van der Waals surface area (Å²) >= 11 is 0. The molecular weight excluding hydrogens is 374 g/mol. The van der Waals surface area contributed by atoms with Crippen LogP contribution in [0, 0.1) is 11.8 Å². The summed E-state index contributed by atoms with van der Waals surface area (Å²) in [4.78, 5) is 12.2. The van der Waals surface area contributed by atoms with Crippen molar-refractivity contribution in [3.63, 3.8) is 0 Å². The minimum Gasteiger partial charge on any atom is -0.497 e. The normalized spacial score (nSPS) is 15.5. The second kappa shape index (κ2) is 9.32. The van der Waals surface area contributed by atoms with Gasteiger partial charge in [0, 0.05) is 24.7 Å². The summed E-state index contributed by atoms with van der Waals surface area (Å²) in [7, 11) is 3.13. The van der Waals surface area contributed by atoms with Crippen molar-refractivity contribution in [2.45, 2.75) is 12.5 Å². The maximum Gasteiger partial charge on any atom is 0.255 e. The Balaban J connectivity index is 2.05. The van der Waals surface area contributed by atoms with Gasteiger partial charge >= 0.3 is 0 Å². The van der Waals surface area contributed by atoms with Gasteiger partial charge in [0.2, 0.25) is 0 Å². The van der Waals surface area contributed by atoms with Crippen molar-refractivity contribution in [1.29, 1.82) is 0 Å². The van der Waals surface area contributed by atoms with Gasteiger partial charge in [0.15, 0.2) is 5.69 Å². The Morgan fingerprint density at radius 2 is 2.07 bits per heavy atom. The Labute approximate surface area is 169 Å². The maximum atomic E-state index is 12.2. The van der Waals surface area contributed by atoms with Gasteiger partial charge in [0.25, 0.3) is 5.91 Å². The molecule has 0 saturated carbocycles. The third kappa shape index (κ3) is 4.62. The van der Waals surface area contributed by atoms with E-state index < -0.39 is 5.91 Å². The van der Waals surface area contributed by atoms with Gasteiger partial charge in [-0.2, -0.15) is 5.10 Å². The van der Waals surface area contributed by atoms with Gasteiger partial charge in [-0.15, -0.1) is 0 Å². The van der Waals surface area contributed by atoms with Crippen molar-refractivity contribution >= 4 is 11.7 Å².